The zero-order valence-corrected chi connectivity index (χ0v) is 12.8. The molecule has 0 unspecified atom stereocenters. The Bertz CT molecular complexity index is 592. The fraction of sp³-hybridized carbons (Fsp3) is 0. The van der Waals surface area contributed by atoms with Crippen molar-refractivity contribution in [2.45, 2.75) is 0 Å². The van der Waals surface area contributed by atoms with E-state index in [1.807, 2.05) is 0 Å². The molecule has 0 aliphatic heterocycles. The van der Waals surface area contributed by atoms with E-state index in [4.69, 9.17) is 28.9 Å². The van der Waals surface area contributed by atoms with Crippen molar-refractivity contribution < 1.29 is 4.79 Å². The van der Waals surface area contributed by atoms with Gasteiger partial charge in [0.2, 0.25) is 0 Å². The Morgan fingerprint density at radius 3 is 2.39 bits per heavy atom. The first-order valence-electron chi connectivity index (χ1n) is 4.77. The van der Waals surface area contributed by atoms with E-state index in [1.54, 1.807) is 23.6 Å². The van der Waals surface area contributed by atoms with Crippen LogP contribution in [0.5, 0.6) is 0 Å². The normalized spacial score (nSPS) is 10.4. The molecule has 3 nitrogen and oxygen atoms in total. The van der Waals surface area contributed by atoms with Gasteiger partial charge in [-0.2, -0.15) is 0 Å². The van der Waals surface area contributed by atoms with Gasteiger partial charge in [0.15, 0.2) is 0 Å². The molecule has 1 amide bonds. The third kappa shape index (κ3) is 2.98. The summed E-state index contributed by atoms with van der Waals surface area (Å²) in [5, 5.41) is 5.07. The van der Waals surface area contributed by atoms with Gasteiger partial charge in [-0.25, -0.2) is 0 Å². The van der Waals surface area contributed by atoms with Gasteiger partial charge in [0.25, 0.3) is 5.91 Å². The number of benzene rings is 1. The van der Waals surface area contributed by atoms with E-state index >= 15 is 0 Å². The third-order valence-electron chi connectivity index (χ3n) is 2.17. The summed E-state index contributed by atoms with van der Waals surface area (Å²) in [4.78, 5) is 11.9. The van der Waals surface area contributed by atoms with Crippen molar-refractivity contribution in [3.63, 3.8) is 0 Å². The Morgan fingerprint density at radius 1 is 1.28 bits per heavy atom. The van der Waals surface area contributed by atoms with Crippen LogP contribution in [0.15, 0.2) is 27.4 Å². The number of thiophene rings is 1. The van der Waals surface area contributed by atoms with Crippen LogP contribution in [0.4, 0.5) is 11.4 Å². The molecule has 1 aromatic heterocycles. The highest BCUT2D eigenvalue weighted by molar-refractivity contribution is 9.11. The van der Waals surface area contributed by atoms with Gasteiger partial charge < -0.3 is 11.1 Å². The van der Waals surface area contributed by atoms with Gasteiger partial charge in [0, 0.05) is 11.1 Å². The summed E-state index contributed by atoms with van der Waals surface area (Å²) in [6.45, 7) is 0. The second-order valence-electron chi connectivity index (χ2n) is 3.45. The number of carbonyl (C=O) groups excluding carboxylic acids is 1. The maximum atomic E-state index is 11.9. The third-order valence-corrected chi connectivity index (χ3v) is 4.30. The first kappa shape index (κ1) is 13.7. The van der Waals surface area contributed by atoms with E-state index in [1.165, 1.54) is 11.3 Å². The molecule has 0 aliphatic rings. The molecular formula is C11H7BrCl2N2OS. The minimum Gasteiger partial charge on any atom is -0.396 e. The van der Waals surface area contributed by atoms with Crippen molar-refractivity contribution in [3.05, 3.63) is 43.0 Å². The highest BCUT2D eigenvalue weighted by Gasteiger charge is 2.10. The number of rotatable bonds is 2. The lowest BCUT2D eigenvalue weighted by Crippen LogP contribution is -2.11. The summed E-state index contributed by atoms with van der Waals surface area (Å²) in [5.74, 6) is -0.228. The molecule has 0 atom stereocenters. The van der Waals surface area contributed by atoms with Crippen LogP contribution in [0.2, 0.25) is 10.0 Å². The number of hydrogen-bond acceptors (Lipinski definition) is 3. The van der Waals surface area contributed by atoms with E-state index in [2.05, 4.69) is 21.2 Å². The molecule has 0 saturated carbocycles. The number of anilines is 2. The SMILES string of the molecule is Nc1c(Cl)cc(NC(=O)c2csc(Br)c2)cc1Cl. The molecule has 94 valence electrons. The van der Waals surface area contributed by atoms with Crippen LogP contribution < -0.4 is 11.1 Å². The molecule has 0 radical (unpaired) electrons. The van der Waals surface area contributed by atoms with E-state index in [-0.39, 0.29) is 5.91 Å². The summed E-state index contributed by atoms with van der Waals surface area (Å²) in [5.41, 5.74) is 6.99. The van der Waals surface area contributed by atoms with Crippen LogP contribution in [-0.2, 0) is 0 Å². The predicted molar refractivity (Wildman–Crippen MR) is 80.8 cm³/mol. The minimum absolute atomic E-state index is 0.228. The lowest BCUT2D eigenvalue weighted by molar-refractivity contribution is 0.102. The first-order chi connectivity index (χ1) is 8.47. The lowest BCUT2D eigenvalue weighted by Gasteiger charge is -2.07. The molecule has 2 rings (SSSR count). The van der Waals surface area contributed by atoms with Crippen molar-refractivity contribution in [2.24, 2.45) is 0 Å². The Hall–Kier alpha value is -0.750. The lowest BCUT2D eigenvalue weighted by atomic mass is 10.2. The average Bonchev–Trinajstić information content (AvgIpc) is 2.72. The molecule has 0 bridgehead atoms. The summed E-state index contributed by atoms with van der Waals surface area (Å²) in [6, 6.07) is 4.85. The number of carbonyl (C=O) groups is 1. The average molecular weight is 366 g/mol. The van der Waals surface area contributed by atoms with Gasteiger partial charge in [0.1, 0.15) is 0 Å². The minimum atomic E-state index is -0.228. The number of nitrogens with one attached hydrogen (secondary N) is 1. The highest BCUT2D eigenvalue weighted by atomic mass is 79.9. The highest BCUT2D eigenvalue weighted by Crippen LogP contribution is 2.31. The van der Waals surface area contributed by atoms with Crippen LogP contribution in [-0.4, -0.2) is 5.91 Å². The fourth-order valence-electron chi connectivity index (χ4n) is 1.29. The zero-order valence-electron chi connectivity index (χ0n) is 8.84. The zero-order chi connectivity index (χ0) is 13.3. The van der Waals surface area contributed by atoms with Gasteiger partial charge >= 0.3 is 0 Å². The van der Waals surface area contributed by atoms with Gasteiger partial charge in [-0.15, -0.1) is 11.3 Å². The molecule has 0 aliphatic carbocycles. The number of amides is 1. The van der Waals surface area contributed by atoms with Gasteiger partial charge in [-0.1, -0.05) is 23.2 Å². The van der Waals surface area contributed by atoms with E-state index in [0.29, 0.717) is 27.0 Å². The second kappa shape index (κ2) is 5.48. The maximum Gasteiger partial charge on any atom is 0.256 e. The van der Waals surface area contributed by atoms with Gasteiger partial charge in [-0.3, -0.25) is 4.79 Å². The topological polar surface area (TPSA) is 55.1 Å². The molecule has 0 saturated heterocycles. The van der Waals surface area contributed by atoms with Crippen LogP contribution in [0.1, 0.15) is 10.4 Å². The standard InChI is InChI=1S/C11H7BrCl2N2OS/c12-9-1-5(4-18-9)11(17)16-6-2-7(13)10(15)8(14)3-6/h1-4H,15H2,(H,16,17). The Balaban J connectivity index is 2.22. The van der Waals surface area contributed by atoms with E-state index in [0.717, 1.165) is 3.79 Å². The Kier molecular flexibility index (Phi) is 4.17. The molecule has 7 heteroatoms. The summed E-state index contributed by atoms with van der Waals surface area (Å²) in [7, 11) is 0. The number of nitrogens with two attached hydrogens (primary N) is 1. The van der Waals surface area contributed by atoms with Crippen LogP contribution in [0.3, 0.4) is 0 Å². The largest absolute Gasteiger partial charge is 0.396 e. The van der Waals surface area contributed by atoms with E-state index in [9.17, 15) is 4.79 Å². The number of hydrogen-bond donors (Lipinski definition) is 2. The molecule has 18 heavy (non-hydrogen) atoms. The second-order valence-corrected chi connectivity index (χ2v) is 6.55. The van der Waals surface area contributed by atoms with Gasteiger partial charge in [0.05, 0.1) is 25.1 Å². The van der Waals surface area contributed by atoms with Crippen molar-refractivity contribution >= 4 is 67.8 Å². The number of nitrogen functional groups attached to an aromatic ring is 1. The Morgan fingerprint density at radius 2 is 1.89 bits per heavy atom. The molecule has 1 aromatic carbocycles. The monoisotopic (exact) mass is 364 g/mol. The van der Waals surface area contributed by atoms with Gasteiger partial charge in [-0.05, 0) is 34.1 Å². The van der Waals surface area contributed by atoms with Crippen LogP contribution >= 0.6 is 50.5 Å². The molecule has 1 heterocycles. The quantitative estimate of drug-likeness (QED) is 0.761. The fourth-order valence-corrected chi connectivity index (χ4v) is 2.91. The summed E-state index contributed by atoms with van der Waals surface area (Å²) < 4.78 is 0.890. The van der Waals surface area contributed by atoms with Crippen molar-refractivity contribution in [3.8, 4) is 0 Å². The Labute approximate surface area is 126 Å². The molecule has 0 spiro atoms. The molecule has 3 N–H and O–H groups in total. The smallest absolute Gasteiger partial charge is 0.256 e. The number of halogens is 3. The molecular weight excluding hydrogens is 359 g/mol. The molecule has 0 fully saturated rings. The first-order valence-corrected chi connectivity index (χ1v) is 7.20. The van der Waals surface area contributed by atoms with Crippen molar-refractivity contribution in [1.82, 2.24) is 0 Å². The summed E-state index contributed by atoms with van der Waals surface area (Å²) >= 11 is 16.5. The van der Waals surface area contributed by atoms with Crippen molar-refractivity contribution in [2.75, 3.05) is 11.1 Å². The predicted octanol–water partition coefficient (Wildman–Crippen LogP) is 4.65. The van der Waals surface area contributed by atoms with Crippen LogP contribution in [0.25, 0.3) is 0 Å². The summed E-state index contributed by atoms with van der Waals surface area (Å²) in [6.07, 6.45) is 0. The van der Waals surface area contributed by atoms with Crippen molar-refractivity contribution in [1.29, 1.82) is 0 Å². The molecule has 2 aromatic rings. The van der Waals surface area contributed by atoms with E-state index < -0.39 is 0 Å². The maximum absolute atomic E-state index is 11.9. The van der Waals surface area contributed by atoms with Crippen LogP contribution in [0, 0.1) is 0 Å².